The largest absolute Gasteiger partial charge is 0.441 e. The molecule has 1 aliphatic rings. The van der Waals surface area contributed by atoms with Crippen molar-refractivity contribution < 1.29 is 9.52 Å². The van der Waals surface area contributed by atoms with Gasteiger partial charge in [-0.15, -0.1) is 0 Å². The summed E-state index contributed by atoms with van der Waals surface area (Å²) in [6.07, 6.45) is 1.14. The molecule has 1 aromatic heterocycles. The fourth-order valence-corrected chi connectivity index (χ4v) is 1.98. The van der Waals surface area contributed by atoms with Crippen LogP contribution in [0.5, 0.6) is 0 Å². The van der Waals surface area contributed by atoms with Crippen LogP contribution in [0.1, 0.15) is 30.4 Å². The molecule has 84 valence electrons. The maximum atomic E-state index is 10.1. The van der Waals surface area contributed by atoms with E-state index in [9.17, 15) is 5.11 Å². The van der Waals surface area contributed by atoms with Gasteiger partial charge in [-0.25, -0.2) is 4.98 Å². The molecule has 1 aromatic carbocycles. The number of nitrogens with zero attached hydrogens (tertiary/aromatic N) is 1. The minimum absolute atomic E-state index is 0.428. The maximum absolute atomic E-state index is 10.1. The average Bonchev–Trinajstić information content (AvgIpc) is 2.89. The predicted molar refractivity (Wildman–Crippen MR) is 59.9 cm³/mol. The van der Waals surface area contributed by atoms with Crippen LogP contribution in [-0.4, -0.2) is 15.6 Å². The smallest absolute Gasteiger partial charge is 0.192 e. The van der Waals surface area contributed by atoms with Crippen molar-refractivity contribution in [3.8, 4) is 0 Å². The highest BCUT2D eigenvalue weighted by atomic mass is 16.3. The van der Waals surface area contributed by atoms with Crippen molar-refractivity contribution in [3.05, 3.63) is 29.7 Å². The number of fused-ring (bicyclic) bond motifs is 1. The highest BCUT2D eigenvalue weighted by Crippen LogP contribution is 2.43. The lowest BCUT2D eigenvalue weighted by Crippen LogP contribution is -2.30. The molecule has 4 nitrogen and oxygen atoms in total. The van der Waals surface area contributed by atoms with Crippen LogP contribution < -0.4 is 5.73 Å². The minimum Gasteiger partial charge on any atom is -0.441 e. The van der Waals surface area contributed by atoms with Gasteiger partial charge in [0, 0.05) is 12.5 Å². The van der Waals surface area contributed by atoms with Gasteiger partial charge in [0.2, 0.25) is 0 Å². The van der Waals surface area contributed by atoms with Crippen molar-refractivity contribution in [3.63, 3.8) is 0 Å². The van der Waals surface area contributed by atoms with Gasteiger partial charge in [0.25, 0.3) is 0 Å². The van der Waals surface area contributed by atoms with Crippen LogP contribution in [0.4, 0.5) is 0 Å². The minimum atomic E-state index is -0.609. The molecular weight excluding hydrogens is 204 g/mol. The number of hydrogen-bond donors (Lipinski definition) is 2. The fraction of sp³-hybridized carbons (Fsp3) is 0.417. The Labute approximate surface area is 93.1 Å². The predicted octanol–water partition coefficient (Wildman–Crippen LogP) is 1.66. The third-order valence-electron chi connectivity index (χ3n) is 3.21. The zero-order chi connectivity index (χ0) is 11.3. The number of aliphatic hydroxyl groups is 1. The quantitative estimate of drug-likeness (QED) is 0.804. The maximum Gasteiger partial charge on any atom is 0.192 e. The van der Waals surface area contributed by atoms with Gasteiger partial charge in [0.1, 0.15) is 5.52 Å². The molecule has 1 fully saturated rings. The van der Waals surface area contributed by atoms with Gasteiger partial charge < -0.3 is 15.3 Å². The molecule has 1 atom stereocenters. The Morgan fingerprint density at radius 2 is 2.25 bits per heavy atom. The number of aliphatic hydroxyl groups excluding tert-OH is 1. The molecule has 0 saturated heterocycles. The van der Waals surface area contributed by atoms with E-state index in [2.05, 4.69) is 4.98 Å². The molecule has 3 N–H and O–H groups in total. The van der Waals surface area contributed by atoms with E-state index >= 15 is 0 Å². The van der Waals surface area contributed by atoms with E-state index in [1.165, 1.54) is 0 Å². The first-order valence-corrected chi connectivity index (χ1v) is 5.42. The summed E-state index contributed by atoms with van der Waals surface area (Å²) in [6, 6.07) is 5.55. The van der Waals surface area contributed by atoms with E-state index < -0.39 is 11.6 Å². The molecule has 1 heterocycles. The Bertz CT molecular complexity index is 543. The van der Waals surface area contributed by atoms with E-state index in [0.29, 0.717) is 11.5 Å². The van der Waals surface area contributed by atoms with Gasteiger partial charge in [-0.1, -0.05) is 6.07 Å². The molecule has 0 bridgehead atoms. The zero-order valence-corrected chi connectivity index (χ0v) is 9.10. The van der Waals surface area contributed by atoms with Crippen LogP contribution in [0.15, 0.2) is 22.6 Å². The second-order valence-corrected chi connectivity index (χ2v) is 4.60. The second kappa shape index (κ2) is 3.06. The summed E-state index contributed by atoms with van der Waals surface area (Å²) in [6.45, 7) is 1.81. The molecule has 0 radical (unpaired) electrons. The molecule has 16 heavy (non-hydrogen) atoms. The van der Waals surface area contributed by atoms with E-state index in [1.54, 1.807) is 6.92 Å². The van der Waals surface area contributed by atoms with Crippen molar-refractivity contribution >= 4 is 11.1 Å². The number of hydrogen-bond acceptors (Lipinski definition) is 4. The Balaban J connectivity index is 2.04. The first-order valence-electron chi connectivity index (χ1n) is 5.42. The lowest BCUT2D eigenvalue weighted by Gasteiger charge is -2.17. The summed E-state index contributed by atoms with van der Waals surface area (Å²) in [4.78, 5) is 4.21. The molecule has 1 unspecified atom stereocenters. The van der Waals surface area contributed by atoms with Crippen molar-refractivity contribution in [2.24, 2.45) is 5.73 Å². The number of nitrogens with two attached hydrogens (primary N) is 1. The number of aryl methyl sites for hydroxylation is 1. The number of benzene rings is 1. The first-order chi connectivity index (χ1) is 7.58. The molecule has 1 saturated carbocycles. The molecule has 0 aliphatic heterocycles. The van der Waals surface area contributed by atoms with Crippen molar-refractivity contribution in [1.29, 1.82) is 0 Å². The third kappa shape index (κ3) is 1.42. The SMILES string of the molecule is Cc1nc2ccc(C(O)C3(N)CC3)cc2o1. The Hall–Kier alpha value is -1.39. The second-order valence-electron chi connectivity index (χ2n) is 4.60. The van der Waals surface area contributed by atoms with Gasteiger partial charge in [0.15, 0.2) is 11.5 Å². The highest BCUT2D eigenvalue weighted by Gasteiger charge is 2.45. The fourth-order valence-electron chi connectivity index (χ4n) is 1.98. The van der Waals surface area contributed by atoms with Gasteiger partial charge in [0.05, 0.1) is 6.10 Å². The summed E-state index contributed by atoms with van der Waals surface area (Å²) in [5, 5.41) is 10.1. The van der Waals surface area contributed by atoms with Crippen molar-refractivity contribution in [2.45, 2.75) is 31.4 Å². The van der Waals surface area contributed by atoms with Crippen LogP contribution in [-0.2, 0) is 0 Å². The lowest BCUT2D eigenvalue weighted by molar-refractivity contribution is 0.136. The van der Waals surface area contributed by atoms with Crippen LogP contribution in [0, 0.1) is 6.92 Å². The topological polar surface area (TPSA) is 72.3 Å². The Morgan fingerprint density at radius 1 is 1.50 bits per heavy atom. The molecule has 0 spiro atoms. The summed E-state index contributed by atoms with van der Waals surface area (Å²) in [7, 11) is 0. The lowest BCUT2D eigenvalue weighted by atomic mass is 10.0. The van der Waals surface area contributed by atoms with Crippen LogP contribution in [0.3, 0.4) is 0 Å². The molecule has 2 aromatic rings. The normalized spacial score (nSPS) is 19.9. The van der Waals surface area contributed by atoms with E-state index in [4.69, 9.17) is 10.2 Å². The first kappa shape index (κ1) is 9.81. The Morgan fingerprint density at radius 3 is 2.94 bits per heavy atom. The molecule has 3 rings (SSSR count). The zero-order valence-electron chi connectivity index (χ0n) is 9.10. The number of aromatic nitrogens is 1. The number of oxazole rings is 1. The van der Waals surface area contributed by atoms with E-state index in [0.717, 1.165) is 23.9 Å². The number of rotatable bonds is 2. The summed E-state index contributed by atoms with van der Waals surface area (Å²) in [5.41, 5.74) is 7.88. The monoisotopic (exact) mass is 218 g/mol. The standard InChI is InChI=1S/C12H14N2O2/c1-7-14-9-3-2-8(6-10(9)16-7)11(15)12(13)4-5-12/h2-3,6,11,15H,4-5,13H2,1H3. The average molecular weight is 218 g/mol. The van der Waals surface area contributed by atoms with Crippen molar-refractivity contribution in [1.82, 2.24) is 4.98 Å². The highest BCUT2D eigenvalue weighted by molar-refractivity contribution is 5.73. The van der Waals surface area contributed by atoms with E-state index in [1.807, 2.05) is 18.2 Å². The molecule has 4 heteroatoms. The van der Waals surface area contributed by atoms with Gasteiger partial charge >= 0.3 is 0 Å². The van der Waals surface area contributed by atoms with Crippen LogP contribution in [0.2, 0.25) is 0 Å². The van der Waals surface area contributed by atoms with Gasteiger partial charge in [-0.3, -0.25) is 0 Å². The summed E-state index contributed by atoms with van der Waals surface area (Å²) < 4.78 is 5.43. The molecule has 0 amide bonds. The van der Waals surface area contributed by atoms with Crippen LogP contribution >= 0.6 is 0 Å². The summed E-state index contributed by atoms with van der Waals surface area (Å²) in [5.74, 6) is 0.635. The van der Waals surface area contributed by atoms with Crippen molar-refractivity contribution in [2.75, 3.05) is 0 Å². The van der Waals surface area contributed by atoms with Gasteiger partial charge in [-0.05, 0) is 30.5 Å². The molecule has 1 aliphatic carbocycles. The van der Waals surface area contributed by atoms with Crippen LogP contribution in [0.25, 0.3) is 11.1 Å². The van der Waals surface area contributed by atoms with Gasteiger partial charge in [-0.2, -0.15) is 0 Å². The Kier molecular flexibility index (Phi) is 1.87. The summed E-state index contributed by atoms with van der Waals surface area (Å²) >= 11 is 0. The third-order valence-corrected chi connectivity index (χ3v) is 3.21. The molecular formula is C12H14N2O2. The van der Waals surface area contributed by atoms with E-state index in [-0.39, 0.29) is 0 Å².